The van der Waals surface area contributed by atoms with E-state index in [4.69, 9.17) is 5.11 Å². The molecule has 0 unspecified atom stereocenters. The summed E-state index contributed by atoms with van der Waals surface area (Å²) in [7, 11) is 0. The molecule has 0 radical (unpaired) electrons. The van der Waals surface area contributed by atoms with Gasteiger partial charge in [-0.05, 0) is 12.5 Å². The van der Waals surface area contributed by atoms with Gasteiger partial charge in [-0.25, -0.2) is 4.79 Å². The fourth-order valence-corrected chi connectivity index (χ4v) is 1.22. The highest BCUT2D eigenvalue weighted by atomic mass is 16.4. The third kappa shape index (κ3) is 1.58. The molecule has 0 aliphatic heterocycles. The standard InChI is InChI=1S/C8H9N5O2/c1-2-4-3-5(10-9-4)6-7(8(14)15)12-13-11-6/h3H,2H2,1H3,(H,9,10)(H,14,15)(H,11,12,13). The lowest BCUT2D eigenvalue weighted by atomic mass is 10.2. The van der Waals surface area contributed by atoms with Crippen LogP contribution in [0.1, 0.15) is 23.1 Å². The number of aryl methyl sites for hydroxylation is 1. The first-order chi connectivity index (χ1) is 7.22. The van der Waals surface area contributed by atoms with Gasteiger partial charge in [0.05, 0.1) is 0 Å². The Bertz CT molecular complexity index is 487. The van der Waals surface area contributed by atoms with Crippen LogP contribution < -0.4 is 0 Å². The number of H-pyrrole nitrogens is 2. The van der Waals surface area contributed by atoms with Crippen LogP contribution in [0.4, 0.5) is 0 Å². The van der Waals surface area contributed by atoms with Crippen molar-refractivity contribution in [3.8, 4) is 11.4 Å². The van der Waals surface area contributed by atoms with Crippen LogP contribution in [-0.4, -0.2) is 36.7 Å². The summed E-state index contributed by atoms with van der Waals surface area (Å²) < 4.78 is 0. The number of hydrogen-bond donors (Lipinski definition) is 3. The largest absolute Gasteiger partial charge is 0.476 e. The van der Waals surface area contributed by atoms with Gasteiger partial charge >= 0.3 is 5.97 Å². The van der Waals surface area contributed by atoms with Crippen molar-refractivity contribution in [2.75, 3.05) is 0 Å². The minimum atomic E-state index is -1.13. The first-order valence-corrected chi connectivity index (χ1v) is 4.41. The Labute approximate surface area is 84.5 Å². The van der Waals surface area contributed by atoms with E-state index in [-0.39, 0.29) is 11.4 Å². The molecule has 0 saturated heterocycles. The number of carbonyl (C=O) groups is 1. The highest BCUT2D eigenvalue weighted by Gasteiger charge is 2.18. The Balaban J connectivity index is 2.44. The van der Waals surface area contributed by atoms with Gasteiger partial charge in [0.25, 0.3) is 0 Å². The number of aromatic amines is 2. The number of aromatic nitrogens is 5. The van der Waals surface area contributed by atoms with E-state index in [1.807, 2.05) is 6.92 Å². The molecule has 0 aliphatic rings. The van der Waals surface area contributed by atoms with Crippen LogP contribution in [-0.2, 0) is 6.42 Å². The molecule has 0 spiro atoms. The van der Waals surface area contributed by atoms with Crippen LogP contribution in [0, 0.1) is 0 Å². The smallest absolute Gasteiger partial charge is 0.358 e. The fourth-order valence-electron chi connectivity index (χ4n) is 1.22. The lowest BCUT2D eigenvalue weighted by molar-refractivity contribution is 0.0691. The van der Waals surface area contributed by atoms with E-state index >= 15 is 0 Å². The fraction of sp³-hybridized carbons (Fsp3) is 0.250. The van der Waals surface area contributed by atoms with Gasteiger partial charge in [0.1, 0.15) is 11.4 Å². The van der Waals surface area contributed by atoms with Crippen molar-refractivity contribution in [1.29, 1.82) is 0 Å². The van der Waals surface area contributed by atoms with Crippen LogP contribution >= 0.6 is 0 Å². The average molecular weight is 207 g/mol. The second-order valence-electron chi connectivity index (χ2n) is 2.96. The van der Waals surface area contributed by atoms with Gasteiger partial charge in [-0.3, -0.25) is 5.10 Å². The maximum absolute atomic E-state index is 10.8. The molecule has 3 N–H and O–H groups in total. The average Bonchev–Trinajstić information content (AvgIpc) is 2.85. The van der Waals surface area contributed by atoms with Crippen molar-refractivity contribution in [3.63, 3.8) is 0 Å². The number of nitrogens with one attached hydrogen (secondary N) is 2. The summed E-state index contributed by atoms with van der Waals surface area (Å²) in [6.45, 7) is 1.97. The number of nitrogens with zero attached hydrogens (tertiary/aromatic N) is 3. The molecule has 0 bridgehead atoms. The molecule has 15 heavy (non-hydrogen) atoms. The summed E-state index contributed by atoms with van der Waals surface area (Å²) in [5, 5.41) is 25.1. The number of carboxylic acids is 1. The molecule has 78 valence electrons. The van der Waals surface area contributed by atoms with Crippen LogP contribution in [0.15, 0.2) is 6.07 Å². The van der Waals surface area contributed by atoms with Gasteiger partial charge in [0, 0.05) is 5.69 Å². The van der Waals surface area contributed by atoms with Crippen LogP contribution in [0.3, 0.4) is 0 Å². The topological polar surface area (TPSA) is 108 Å². The Morgan fingerprint density at radius 2 is 2.27 bits per heavy atom. The molecular weight excluding hydrogens is 198 g/mol. The van der Waals surface area contributed by atoms with Gasteiger partial charge in [0.15, 0.2) is 5.69 Å². The first kappa shape index (κ1) is 9.38. The van der Waals surface area contributed by atoms with E-state index in [0.29, 0.717) is 5.69 Å². The second kappa shape index (κ2) is 3.52. The number of rotatable bonds is 3. The molecule has 2 aromatic heterocycles. The minimum Gasteiger partial charge on any atom is -0.476 e. The summed E-state index contributed by atoms with van der Waals surface area (Å²) >= 11 is 0. The Kier molecular flexibility index (Phi) is 2.20. The molecule has 0 amide bonds. The van der Waals surface area contributed by atoms with Crippen molar-refractivity contribution in [3.05, 3.63) is 17.5 Å². The highest BCUT2D eigenvalue weighted by Crippen LogP contribution is 2.17. The van der Waals surface area contributed by atoms with Crippen LogP contribution in [0.2, 0.25) is 0 Å². The minimum absolute atomic E-state index is 0.121. The summed E-state index contributed by atoms with van der Waals surface area (Å²) in [4.78, 5) is 10.8. The summed E-state index contributed by atoms with van der Waals surface area (Å²) in [5.74, 6) is -1.13. The molecule has 0 aromatic carbocycles. The molecule has 2 heterocycles. The third-order valence-electron chi connectivity index (χ3n) is 2.00. The third-order valence-corrected chi connectivity index (χ3v) is 2.00. The van der Waals surface area contributed by atoms with Crippen molar-refractivity contribution in [2.24, 2.45) is 0 Å². The SMILES string of the molecule is CCc1cc(-c2n[nH]nc2C(=O)O)n[nH]1. The van der Waals surface area contributed by atoms with Crippen molar-refractivity contribution in [1.82, 2.24) is 25.6 Å². The zero-order valence-electron chi connectivity index (χ0n) is 7.98. The molecule has 7 heteroatoms. The van der Waals surface area contributed by atoms with Gasteiger partial charge in [-0.15, -0.1) is 5.10 Å². The molecule has 0 atom stereocenters. The molecule has 2 rings (SSSR count). The van der Waals surface area contributed by atoms with Crippen molar-refractivity contribution >= 4 is 5.97 Å². The quantitative estimate of drug-likeness (QED) is 0.677. The molecule has 0 saturated carbocycles. The molecular formula is C8H9N5O2. The monoisotopic (exact) mass is 207 g/mol. The molecule has 7 nitrogen and oxygen atoms in total. The Hall–Kier alpha value is -2.18. The maximum Gasteiger partial charge on any atom is 0.358 e. The molecule has 2 aromatic rings. The van der Waals surface area contributed by atoms with E-state index in [9.17, 15) is 4.79 Å². The maximum atomic E-state index is 10.8. The van der Waals surface area contributed by atoms with Gasteiger partial charge < -0.3 is 5.11 Å². The van der Waals surface area contributed by atoms with E-state index in [1.54, 1.807) is 6.07 Å². The number of carboxylic acid groups (broad SMARTS) is 1. The van der Waals surface area contributed by atoms with E-state index in [2.05, 4.69) is 25.6 Å². The number of aromatic carboxylic acids is 1. The van der Waals surface area contributed by atoms with Gasteiger partial charge in [-0.2, -0.15) is 15.4 Å². The Morgan fingerprint density at radius 1 is 1.47 bits per heavy atom. The zero-order chi connectivity index (χ0) is 10.8. The molecule has 0 fully saturated rings. The zero-order valence-corrected chi connectivity index (χ0v) is 7.98. The highest BCUT2D eigenvalue weighted by molar-refractivity contribution is 5.91. The second-order valence-corrected chi connectivity index (χ2v) is 2.96. The van der Waals surface area contributed by atoms with Gasteiger partial charge in [0.2, 0.25) is 0 Å². The van der Waals surface area contributed by atoms with E-state index < -0.39 is 5.97 Å². The lowest BCUT2D eigenvalue weighted by Crippen LogP contribution is -1.99. The first-order valence-electron chi connectivity index (χ1n) is 4.41. The Morgan fingerprint density at radius 3 is 2.87 bits per heavy atom. The predicted octanol–water partition coefficient (Wildman–Crippen LogP) is 0.455. The van der Waals surface area contributed by atoms with Gasteiger partial charge in [-0.1, -0.05) is 6.92 Å². The lowest BCUT2D eigenvalue weighted by Gasteiger charge is -1.89. The van der Waals surface area contributed by atoms with Crippen LogP contribution in [0.5, 0.6) is 0 Å². The molecule has 0 aliphatic carbocycles. The number of hydrogen-bond acceptors (Lipinski definition) is 4. The summed E-state index contributed by atoms with van der Waals surface area (Å²) in [6.07, 6.45) is 0.799. The van der Waals surface area contributed by atoms with Crippen molar-refractivity contribution < 1.29 is 9.90 Å². The van der Waals surface area contributed by atoms with E-state index in [0.717, 1.165) is 12.1 Å². The van der Waals surface area contributed by atoms with E-state index in [1.165, 1.54) is 0 Å². The predicted molar refractivity (Wildman–Crippen MR) is 50.3 cm³/mol. The van der Waals surface area contributed by atoms with Crippen LogP contribution in [0.25, 0.3) is 11.4 Å². The normalized spacial score (nSPS) is 10.5. The van der Waals surface area contributed by atoms with Crippen molar-refractivity contribution in [2.45, 2.75) is 13.3 Å². The summed E-state index contributed by atoms with van der Waals surface area (Å²) in [5.41, 5.74) is 1.53. The summed E-state index contributed by atoms with van der Waals surface area (Å²) in [6, 6.07) is 1.75.